The molecule has 0 unspecified atom stereocenters. The second-order valence-corrected chi connectivity index (χ2v) is 7.56. The van der Waals surface area contributed by atoms with Crippen LogP contribution in [0.25, 0.3) is 5.69 Å². The molecule has 2 aromatic carbocycles. The number of aromatic nitrogens is 2. The standard InChI is InChI=1S/C22H20F3N5O3/c23-22(24,25)19-18(13-30(28-19)17-4-2-1-3-5-17)20(31)27-15-8-6-14(7-9-15)26-16-10-11-29(12-16)21(32)33/h1-9,13,16,26H,10-12H2,(H,27,31)(H,32,33)/t16-/m0/s1. The third kappa shape index (κ3) is 5.08. The molecule has 3 N–H and O–H groups in total. The number of amides is 2. The van der Waals surface area contributed by atoms with Crippen LogP contribution >= 0.6 is 0 Å². The number of halogens is 3. The lowest BCUT2D eigenvalue weighted by molar-refractivity contribution is -0.141. The van der Waals surface area contributed by atoms with Crippen LogP contribution in [-0.4, -0.2) is 50.9 Å². The van der Waals surface area contributed by atoms with Crippen LogP contribution in [-0.2, 0) is 6.18 Å². The van der Waals surface area contributed by atoms with Gasteiger partial charge in [-0.05, 0) is 42.8 Å². The minimum Gasteiger partial charge on any atom is -0.465 e. The number of hydrogen-bond acceptors (Lipinski definition) is 4. The van der Waals surface area contributed by atoms with E-state index in [9.17, 15) is 22.8 Å². The average Bonchev–Trinajstić information content (AvgIpc) is 3.43. The van der Waals surface area contributed by atoms with Gasteiger partial charge in [0.05, 0.1) is 11.3 Å². The van der Waals surface area contributed by atoms with Crippen molar-refractivity contribution in [2.75, 3.05) is 23.7 Å². The molecule has 11 heteroatoms. The van der Waals surface area contributed by atoms with E-state index in [-0.39, 0.29) is 6.04 Å². The van der Waals surface area contributed by atoms with Crippen LogP contribution in [0.1, 0.15) is 22.5 Å². The van der Waals surface area contributed by atoms with Crippen molar-refractivity contribution in [1.82, 2.24) is 14.7 Å². The Kier molecular flexibility index (Phi) is 5.95. The molecule has 8 nitrogen and oxygen atoms in total. The largest absolute Gasteiger partial charge is 0.465 e. The Morgan fingerprint density at radius 2 is 1.70 bits per heavy atom. The Balaban J connectivity index is 1.47. The van der Waals surface area contributed by atoms with Crippen LogP contribution in [0.3, 0.4) is 0 Å². The molecule has 0 aliphatic carbocycles. The van der Waals surface area contributed by atoms with Crippen molar-refractivity contribution in [2.24, 2.45) is 0 Å². The molecule has 3 aromatic rings. The van der Waals surface area contributed by atoms with E-state index in [1.807, 2.05) is 0 Å². The molecule has 0 radical (unpaired) electrons. The summed E-state index contributed by atoms with van der Waals surface area (Å²) in [5.74, 6) is -0.932. The molecule has 172 valence electrons. The number of carboxylic acid groups (broad SMARTS) is 1. The fourth-order valence-corrected chi connectivity index (χ4v) is 3.60. The molecule has 1 aliphatic heterocycles. The lowest BCUT2D eigenvalue weighted by atomic mass is 10.2. The molecular weight excluding hydrogens is 439 g/mol. The molecule has 2 heterocycles. The highest BCUT2D eigenvalue weighted by atomic mass is 19.4. The van der Waals surface area contributed by atoms with Gasteiger partial charge in [-0.15, -0.1) is 0 Å². The Hall–Kier alpha value is -4.02. The number of nitrogens with zero attached hydrogens (tertiary/aromatic N) is 3. The maximum atomic E-state index is 13.5. The zero-order chi connectivity index (χ0) is 23.6. The zero-order valence-corrected chi connectivity index (χ0v) is 17.2. The summed E-state index contributed by atoms with van der Waals surface area (Å²) in [6.45, 7) is 0.804. The van der Waals surface area contributed by atoms with Crippen molar-refractivity contribution in [3.63, 3.8) is 0 Å². The Morgan fingerprint density at radius 1 is 1.03 bits per heavy atom. The van der Waals surface area contributed by atoms with E-state index in [1.54, 1.807) is 54.6 Å². The summed E-state index contributed by atoms with van der Waals surface area (Å²) < 4.78 is 41.5. The Morgan fingerprint density at radius 3 is 2.30 bits per heavy atom. The summed E-state index contributed by atoms with van der Waals surface area (Å²) in [6, 6.07) is 14.6. The molecule has 2 amide bonds. The van der Waals surface area contributed by atoms with E-state index < -0.39 is 29.4 Å². The molecule has 0 bridgehead atoms. The Bertz CT molecular complexity index is 1150. The molecular formula is C22H20F3N5O3. The highest BCUT2D eigenvalue weighted by Gasteiger charge is 2.39. The summed E-state index contributed by atoms with van der Waals surface area (Å²) in [5, 5.41) is 18.3. The van der Waals surface area contributed by atoms with Crippen LogP contribution < -0.4 is 10.6 Å². The molecule has 1 fully saturated rings. The van der Waals surface area contributed by atoms with Crippen LogP contribution in [0, 0.1) is 0 Å². The third-order valence-electron chi connectivity index (χ3n) is 5.22. The number of para-hydroxylation sites is 1. The molecule has 0 spiro atoms. The zero-order valence-electron chi connectivity index (χ0n) is 17.2. The number of carbonyl (C=O) groups is 2. The van der Waals surface area contributed by atoms with Crippen molar-refractivity contribution in [1.29, 1.82) is 0 Å². The van der Waals surface area contributed by atoms with Crippen LogP contribution in [0.2, 0.25) is 0 Å². The summed E-state index contributed by atoms with van der Waals surface area (Å²) in [6.07, 6.45) is -4.05. The minimum absolute atomic E-state index is 0.0419. The number of anilines is 2. The predicted molar refractivity (Wildman–Crippen MR) is 115 cm³/mol. The average molecular weight is 459 g/mol. The van der Waals surface area contributed by atoms with Gasteiger partial charge < -0.3 is 20.6 Å². The van der Waals surface area contributed by atoms with E-state index in [1.165, 1.54) is 4.90 Å². The molecule has 1 saturated heterocycles. The second kappa shape index (κ2) is 8.85. The van der Waals surface area contributed by atoms with Crippen molar-refractivity contribution < 1.29 is 27.9 Å². The Labute approximate surface area is 186 Å². The monoisotopic (exact) mass is 459 g/mol. The first-order chi connectivity index (χ1) is 15.7. The van der Waals surface area contributed by atoms with Crippen molar-refractivity contribution in [2.45, 2.75) is 18.6 Å². The first-order valence-electron chi connectivity index (χ1n) is 10.1. The van der Waals surface area contributed by atoms with Gasteiger partial charge in [0.2, 0.25) is 0 Å². The maximum Gasteiger partial charge on any atom is 0.435 e. The highest BCUT2D eigenvalue weighted by Crippen LogP contribution is 2.32. The van der Waals surface area contributed by atoms with Crippen molar-refractivity contribution >= 4 is 23.4 Å². The molecule has 1 aliphatic rings. The van der Waals surface area contributed by atoms with Gasteiger partial charge in [0.15, 0.2) is 5.69 Å². The number of alkyl halides is 3. The van der Waals surface area contributed by atoms with E-state index in [0.717, 1.165) is 10.9 Å². The number of benzene rings is 2. The predicted octanol–water partition coefficient (Wildman–Crippen LogP) is 4.31. The number of carbonyl (C=O) groups excluding carboxylic acids is 1. The lowest BCUT2D eigenvalue weighted by Gasteiger charge is -2.15. The number of likely N-dealkylation sites (tertiary alicyclic amines) is 1. The lowest BCUT2D eigenvalue weighted by Crippen LogP contribution is -2.30. The van der Waals surface area contributed by atoms with Gasteiger partial charge in [0.25, 0.3) is 5.91 Å². The van der Waals surface area contributed by atoms with Gasteiger partial charge in [0.1, 0.15) is 0 Å². The number of rotatable bonds is 5. The van der Waals surface area contributed by atoms with Crippen molar-refractivity contribution in [3.8, 4) is 5.69 Å². The van der Waals surface area contributed by atoms with Crippen LogP contribution in [0.4, 0.5) is 29.3 Å². The molecule has 4 rings (SSSR count). The fraction of sp³-hybridized carbons (Fsp3) is 0.227. The van der Waals surface area contributed by atoms with Crippen LogP contribution in [0.15, 0.2) is 60.8 Å². The molecule has 33 heavy (non-hydrogen) atoms. The first-order valence-corrected chi connectivity index (χ1v) is 10.1. The minimum atomic E-state index is -4.80. The van der Waals surface area contributed by atoms with Gasteiger partial charge in [-0.2, -0.15) is 18.3 Å². The topological polar surface area (TPSA) is 99.5 Å². The quantitative estimate of drug-likeness (QED) is 0.528. The van der Waals surface area contributed by atoms with E-state index in [0.29, 0.717) is 36.6 Å². The van der Waals surface area contributed by atoms with Crippen molar-refractivity contribution in [3.05, 3.63) is 72.1 Å². The van der Waals surface area contributed by atoms with Gasteiger partial charge in [0, 0.05) is 36.7 Å². The second-order valence-electron chi connectivity index (χ2n) is 7.56. The number of hydrogen-bond donors (Lipinski definition) is 3. The van der Waals surface area contributed by atoms with Crippen LogP contribution in [0.5, 0.6) is 0 Å². The normalized spacial score (nSPS) is 16.0. The van der Waals surface area contributed by atoms with Gasteiger partial charge >= 0.3 is 12.3 Å². The van der Waals surface area contributed by atoms with Gasteiger partial charge in [-0.25, -0.2) is 9.48 Å². The summed E-state index contributed by atoms with van der Waals surface area (Å²) in [4.78, 5) is 25.0. The number of nitrogens with one attached hydrogen (secondary N) is 2. The highest BCUT2D eigenvalue weighted by molar-refractivity contribution is 6.05. The summed E-state index contributed by atoms with van der Waals surface area (Å²) >= 11 is 0. The molecule has 0 saturated carbocycles. The SMILES string of the molecule is O=C(Nc1ccc(N[C@H]2CCN(C(=O)O)C2)cc1)c1cn(-c2ccccc2)nc1C(F)(F)F. The maximum absolute atomic E-state index is 13.5. The summed E-state index contributed by atoms with van der Waals surface area (Å²) in [7, 11) is 0. The first kappa shape index (κ1) is 22.2. The smallest absolute Gasteiger partial charge is 0.435 e. The van der Waals surface area contributed by atoms with E-state index in [4.69, 9.17) is 5.11 Å². The molecule has 1 atom stereocenters. The fourth-order valence-electron chi connectivity index (χ4n) is 3.60. The summed E-state index contributed by atoms with van der Waals surface area (Å²) in [5.41, 5.74) is -0.451. The molecule has 1 aromatic heterocycles. The van der Waals surface area contributed by atoms with E-state index in [2.05, 4.69) is 15.7 Å². The third-order valence-corrected chi connectivity index (χ3v) is 5.22. The van der Waals surface area contributed by atoms with Gasteiger partial charge in [-0.1, -0.05) is 18.2 Å². The van der Waals surface area contributed by atoms with Gasteiger partial charge in [-0.3, -0.25) is 4.79 Å². The van der Waals surface area contributed by atoms with E-state index >= 15 is 0 Å².